The van der Waals surface area contributed by atoms with E-state index in [1.54, 1.807) is 19.2 Å². The fourth-order valence-electron chi connectivity index (χ4n) is 5.03. The number of aromatic nitrogens is 2. The quantitative estimate of drug-likeness (QED) is 0.233. The Morgan fingerprint density at radius 2 is 1.76 bits per heavy atom. The number of nitrogens with one attached hydrogen (secondary N) is 2. The van der Waals surface area contributed by atoms with Crippen molar-refractivity contribution in [2.75, 3.05) is 48.1 Å². The maximum absolute atomic E-state index is 15.3. The van der Waals surface area contributed by atoms with Gasteiger partial charge in [-0.1, -0.05) is 19.1 Å². The van der Waals surface area contributed by atoms with Crippen LogP contribution >= 0.6 is 0 Å². The highest BCUT2D eigenvalue weighted by Gasteiger charge is 2.26. The predicted octanol–water partition coefficient (Wildman–Crippen LogP) is 4.10. The number of H-pyrrole nitrogens is 1. The Labute approximate surface area is 241 Å². The summed E-state index contributed by atoms with van der Waals surface area (Å²) in [5.41, 5.74) is 1.43. The number of carboxylic acids is 1. The van der Waals surface area contributed by atoms with Crippen molar-refractivity contribution in [3.8, 4) is 11.1 Å². The number of fused-ring (bicyclic) bond motifs is 1. The van der Waals surface area contributed by atoms with Crippen molar-refractivity contribution >= 4 is 44.2 Å². The second-order valence-electron chi connectivity index (χ2n) is 10.1. The van der Waals surface area contributed by atoms with Crippen LogP contribution in [0.2, 0.25) is 0 Å². The van der Waals surface area contributed by atoms with Crippen LogP contribution in [0.15, 0.2) is 54.9 Å². The van der Waals surface area contributed by atoms with Crippen LogP contribution in [-0.2, 0) is 14.8 Å². The molecule has 0 amide bonds. The van der Waals surface area contributed by atoms with Gasteiger partial charge >= 0.3 is 5.97 Å². The molecule has 0 aliphatic carbocycles. The molecule has 42 heavy (non-hydrogen) atoms. The molecule has 3 heterocycles. The summed E-state index contributed by atoms with van der Waals surface area (Å²) in [5, 5.41) is 9.35. The number of carbonyl (C=O) groups excluding carboxylic acids is 1. The van der Waals surface area contributed by atoms with E-state index in [2.05, 4.69) is 19.6 Å². The molecule has 3 N–H and O–H groups in total. The third-order valence-corrected chi connectivity index (χ3v) is 8.61. The summed E-state index contributed by atoms with van der Waals surface area (Å²) in [4.78, 5) is 35.7. The zero-order valence-electron chi connectivity index (χ0n) is 22.7. The highest BCUT2D eigenvalue weighted by atomic mass is 32.2. The van der Waals surface area contributed by atoms with Gasteiger partial charge in [-0.15, -0.1) is 0 Å². The third kappa shape index (κ3) is 6.11. The van der Waals surface area contributed by atoms with Gasteiger partial charge in [0.15, 0.2) is 5.82 Å². The number of hydrogen-bond acceptors (Lipinski definition) is 7. The number of rotatable bonds is 10. The monoisotopic (exact) mass is 597 g/mol. The van der Waals surface area contributed by atoms with Gasteiger partial charge in [0.2, 0.25) is 15.8 Å². The number of sulfonamides is 1. The van der Waals surface area contributed by atoms with Crippen molar-refractivity contribution in [1.82, 2.24) is 14.9 Å². The van der Waals surface area contributed by atoms with Crippen molar-refractivity contribution < 1.29 is 31.9 Å². The molecular formula is C29H29F2N5O5S. The minimum absolute atomic E-state index is 0.0124. The van der Waals surface area contributed by atoms with Crippen molar-refractivity contribution in [3.63, 3.8) is 0 Å². The molecule has 220 valence electrons. The molecule has 0 radical (unpaired) electrons. The topological polar surface area (TPSA) is 136 Å². The average Bonchev–Trinajstić information content (AvgIpc) is 3.38. The van der Waals surface area contributed by atoms with Crippen LogP contribution < -0.4 is 9.62 Å². The van der Waals surface area contributed by atoms with E-state index >= 15 is 4.39 Å². The van der Waals surface area contributed by atoms with Crippen LogP contribution in [0, 0.1) is 11.6 Å². The SMILES string of the molecule is CCCS(=O)(=O)Nc1ccc(F)c(C(=O)c2c[nH]c3ncc(-c4ccc(N5CCN(CC(=O)O)CC5)cc4)cc23)c1F. The van der Waals surface area contributed by atoms with Crippen molar-refractivity contribution in [3.05, 3.63) is 77.6 Å². The first-order valence-corrected chi connectivity index (χ1v) is 15.0. The first-order chi connectivity index (χ1) is 20.1. The van der Waals surface area contributed by atoms with Gasteiger partial charge in [-0.25, -0.2) is 22.2 Å². The second kappa shape index (κ2) is 11.9. The van der Waals surface area contributed by atoms with E-state index < -0.39 is 44.7 Å². The smallest absolute Gasteiger partial charge is 0.317 e. The maximum Gasteiger partial charge on any atom is 0.317 e. The number of aromatic amines is 1. The lowest BCUT2D eigenvalue weighted by Crippen LogP contribution is -2.47. The molecule has 0 atom stereocenters. The molecule has 0 bridgehead atoms. The molecule has 2 aromatic heterocycles. The highest BCUT2D eigenvalue weighted by Crippen LogP contribution is 2.30. The minimum Gasteiger partial charge on any atom is -0.480 e. The van der Waals surface area contributed by atoms with Gasteiger partial charge in [0.25, 0.3) is 0 Å². The van der Waals surface area contributed by atoms with E-state index in [1.807, 2.05) is 29.2 Å². The summed E-state index contributed by atoms with van der Waals surface area (Å²) in [7, 11) is -3.87. The van der Waals surface area contributed by atoms with Gasteiger partial charge in [-0.05, 0) is 42.3 Å². The summed E-state index contributed by atoms with van der Waals surface area (Å²) >= 11 is 0. The van der Waals surface area contributed by atoms with E-state index in [1.165, 1.54) is 6.20 Å². The van der Waals surface area contributed by atoms with Crippen LogP contribution in [0.3, 0.4) is 0 Å². The van der Waals surface area contributed by atoms with Crippen molar-refractivity contribution in [2.24, 2.45) is 0 Å². The number of halogens is 2. The van der Waals surface area contributed by atoms with Gasteiger partial charge in [-0.2, -0.15) is 0 Å². The standard InChI is InChI=1S/C29H29F2N5O5S/c1-2-13-42(40,41)34-24-8-7-23(30)26(27(24)31)28(39)22-16-33-29-21(22)14-19(15-32-29)18-3-5-20(6-4-18)36-11-9-35(10-12-36)17-25(37)38/h3-8,14-16,34H,2,9-13,17H2,1H3,(H,32,33)(H,37,38). The second-order valence-corrected chi connectivity index (χ2v) is 11.9. The van der Waals surface area contributed by atoms with E-state index in [0.29, 0.717) is 49.2 Å². The van der Waals surface area contributed by atoms with Gasteiger partial charge < -0.3 is 15.0 Å². The molecule has 1 aliphatic rings. The Kier molecular flexibility index (Phi) is 8.23. The highest BCUT2D eigenvalue weighted by molar-refractivity contribution is 7.92. The molecule has 1 fully saturated rings. The molecule has 1 saturated heterocycles. The molecule has 1 aliphatic heterocycles. The number of nitrogens with zero attached hydrogens (tertiary/aromatic N) is 3. The number of carboxylic acid groups (broad SMARTS) is 1. The number of aliphatic carboxylic acids is 1. The fourth-order valence-corrected chi connectivity index (χ4v) is 6.16. The largest absolute Gasteiger partial charge is 0.480 e. The summed E-state index contributed by atoms with van der Waals surface area (Å²) in [6, 6.07) is 11.2. The number of hydrogen-bond donors (Lipinski definition) is 3. The molecule has 10 nitrogen and oxygen atoms in total. The number of anilines is 2. The lowest BCUT2D eigenvalue weighted by molar-refractivity contribution is -0.138. The fraction of sp³-hybridized carbons (Fsp3) is 0.276. The van der Waals surface area contributed by atoms with Crippen LogP contribution in [-0.4, -0.2) is 78.6 Å². The summed E-state index contributed by atoms with van der Waals surface area (Å²) < 4.78 is 56.5. The minimum atomic E-state index is -3.87. The van der Waals surface area contributed by atoms with Crippen LogP contribution in [0.5, 0.6) is 0 Å². The lowest BCUT2D eigenvalue weighted by Gasteiger charge is -2.35. The Hall–Kier alpha value is -4.36. The molecular weight excluding hydrogens is 568 g/mol. The zero-order valence-corrected chi connectivity index (χ0v) is 23.5. The first-order valence-electron chi connectivity index (χ1n) is 13.4. The molecule has 0 unspecified atom stereocenters. The van der Waals surface area contributed by atoms with E-state index in [4.69, 9.17) is 5.11 Å². The van der Waals surface area contributed by atoms with Crippen LogP contribution in [0.25, 0.3) is 22.2 Å². The molecule has 0 spiro atoms. The Balaban J connectivity index is 1.40. The number of piperazine rings is 1. The Morgan fingerprint density at radius 3 is 2.43 bits per heavy atom. The zero-order chi connectivity index (χ0) is 30.0. The number of carbonyl (C=O) groups is 2. The summed E-state index contributed by atoms with van der Waals surface area (Å²) in [5.74, 6) is -4.46. The Morgan fingerprint density at radius 1 is 1.05 bits per heavy atom. The van der Waals surface area contributed by atoms with Crippen LogP contribution in [0.4, 0.5) is 20.2 Å². The lowest BCUT2D eigenvalue weighted by atomic mass is 9.99. The van der Waals surface area contributed by atoms with Gasteiger partial charge in [0.05, 0.1) is 23.5 Å². The molecule has 4 aromatic rings. The van der Waals surface area contributed by atoms with Gasteiger partial charge in [-0.3, -0.25) is 19.2 Å². The van der Waals surface area contributed by atoms with E-state index in [-0.39, 0.29) is 17.9 Å². The molecule has 2 aromatic carbocycles. The van der Waals surface area contributed by atoms with Gasteiger partial charge in [0, 0.05) is 60.8 Å². The number of benzene rings is 2. The molecule has 13 heteroatoms. The summed E-state index contributed by atoms with van der Waals surface area (Å²) in [6.07, 6.45) is 3.24. The first kappa shape index (κ1) is 29.1. The average molecular weight is 598 g/mol. The predicted molar refractivity (Wildman–Crippen MR) is 155 cm³/mol. The normalized spacial score (nSPS) is 14.3. The third-order valence-electron chi connectivity index (χ3n) is 7.13. The van der Waals surface area contributed by atoms with E-state index in [0.717, 1.165) is 23.4 Å². The summed E-state index contributed by atoms with van der Waals surface area (Å²) in [6.45, 7) is 4.36. The van der Waals surface area contributed by atoms with Crippen LogP contribution in [0.1, 0.15) is 29.3 Å². The van der Waals surface area contributed by atoms with Crippen molar-refractivity contribution in [1.29, 1.82) is 0 Å². The number of ketones is 1. The molecule has 5 rings (SSSR count). The number of pyridine rings is 1. The maximum atomic E-state index is 15.3. The Bertz CT molecular complexity index is 1750. The van der Waals surface area contributed by atoms with Gasteiger partial charge in [0.1, 0.15) is 11.5 Å². The van der Waals surface area contributed by atoms with Crippen molar-refractivity contribution in [2.45, 2.75) is 13.3 Å². The molecule has 0 saturated carbocycles. The van der Waals surface area contributed by atoms with E-state index in [9.17, 15) is 22.4 Å².